The zero-order valence-corrected chi connectivity index (χ0v) is 10.4. The van der Waals surface area contributed by atoms with Gasteiger partial charge in [0.25, 0.3) is 0 Å². The fourth-order valence-electron chi connectivity index (χ4n) is 1.69. The van der Waals surface area contributed by atoms with Gasteiger partial charge in [0.2, 0.25) is 10.0 Å². The van der Waals surface area contributed by atoms with Crippen molar-refractivity contribution in [2.75, 3.05) is 28.9 Å². The van der Waals surface area contributed by atoms with Crippen LogP contribution < -0.4 is 10.0 Å². The fourth-order valence-corrected chi connectivity index (χ4v) is 4.21. The molecule has 0 radical (unpaired) electrons. The molecule has 2 rings (SSSR count). The predicted octanol–water partition coefficient (Wildman–Crippen LogP) is 0.887. The second-order valence-electron chi connectivity index (χ2n) is 3.49. The third-order valence-electron chi connectivity index (χ3n) is 2.40. The summed E-state index contributed by atoms with van der Waals surface area (Å²) in [6.45, 7) is 0.693. The van der Waals surface area contributed by atoms with E-state index in [1.54, 1.807) is 11.8 Å². The van der Waals surface area contributed by atoms with Crippen LogP contribution in [0, 0.1) is 0 Å². The molecular weight excluding hydrogens is 244 g/mol. The van der Waals surface area contributed by atoms with E-state index in [-0.39, 0.29) is 12.3 Å². The van der Waals surface area contributed by atoms with Crippen molar-refractivity contribution in [3.05, 3.63) is 24.3 Å². The molecular formula is C10H14N2O2S2. The van der Waals surface area contributed by atoms with Crippen LogP contribution in [0.5, 0.6) is 0 Å². The molecule has 1 heterocycles. The number of nitrogens with zero attached hydrogens (tertiary/aromatic N) is 1. The summed E-state index contributed by atoms with van der Waals surface area (Å²) in [5.41, 5.74) is 6.11. The maximum Gasteiger partial charge on any atom is 0.236 e. The Balaban J connectivity index is 2.39. The Morgan fingerprint density at radius 2 is 2.12 bits per heavy atom. The van der Waals surface area contributed by atoms with Crippen molar-refractivity contribution in [2.45, 2.75) is 4.90 Å². The van der Waals surface area contributed by atoms with Crippen LogP contribution in [-0.4, -0.2) is 33.0 Å². The van der Waals surface area contributed by atoms with E-state index in [4.69, 9.17) is 5.73 Å². The first kappa shape index (κ1) is 11.8. The van der Waals surface area contributed by atoms with Crippen LogP contribution in [-0.2, 0) is 10.0 Å². The standard InChI is InChI=1S/C10H14N2O2S2/c11-5-8-16(13,14)12-6-7-15-10-4-2-1-3-9(10)12/h1-4H,5-8,11H2. The van der Waals surface area contributed by atoms with Gasteiger partial charge >= 0.3 is 0 Å². The van der Waals surface area contributed by atoms with Crippen LogP contribution in [0.3, 0.4) is 0 Å². The SMILES string of the molecule is NCCS(=O)(=O)N1CCSc2ccccc21. The minimum absolute atomic E-state index is 0.00595. The zero-order valence-electron chi connectivity index (χ0n) is 8.80. The molecule has 0 saturated heterocycles. The highest BCUT2D eigenvalue weighted by Crippen LogP contribution is 2.35. The van der Waals surface area contributed by atoms with Crippen molar-refractivity contribution >= 4 is 27.5 Å². The lowest BCUT2D eigenvalue weighted by Gasteiger charge is -2.29. The number of fused-ring (bicyclic) bond motifs is 1. The van der Waals surface area contributed by atoms with Gasteiger partial charge in [-0.25, -0.2) is 8.42 Å². The van der Waals surface area contributed by atoms with Crippen molar-refractivity contribution in [1.82, 2.24) is 0 Å². The number of sulfonamides is 1. The second kappa shape index (κ2) is 4.65. The Morgan fingerprint density at radius 1 is 1.38 bits per heavy atom. The Hall–Kier alpha value is -0.720. The molecule has 1 aromatic carbocycles. The van der Waals surface area contributed by atoms with Crippen LogP contribution in [0.25, 0.3) is 0 Å². The number of para-hydroxylation sites is 1. The average Bonchev–Trinajstić information content (AvgIpc) is 2.28. The van der Waals surface area contributed by atoms with Gasteiger partial charge in [-0.15, -0.1) is 11.8 Å². The molecule has 0 fully saturated rings. The van der Waals surface area contributed by atoms with Gasteiger partial charge in [-0.2, -0.15) is 0 Å². The van der Waals surface area contributed by atoms with E-state index in [0.717, 1.165) is 16.3 Å². The minimum atomic E-state index is -3.25. The highest BCUT2D eigenvalue weighted by atomic mass is 32.2. The Bertz CT molecular complexity index is 473. The van der Waals surface area contributed by atoms with Crippen LogP contribution >= 0.6 is 11.8 Å². The topological polar surface area (TPSA) is 63.4 Å². The van der Waals surface area contributed by atoms with E-state index >= 15 is 0 Å². The van der Waals surface area contributed by atoms with E-state index in [1.165, 1.54) is 4.31 Å². The molecule has 1 aliphatic heterocycles. The van der Waals surface area contributed by atoms with Gasteiger partial charge in [0.05, 0.1) is 11.4 Å². The molecule has 0 aliphatic carbocycles. The molecule has 0 atom stereocenters. The summed E-state index contributed by atoms with van der Waals surface area (Å²) in [7, 11) is -3.25. The fraction of sp³-hybridized carbons (Fsp3) is 0.400. The number of hydrogen-bond acceptors (Lipinski definition) is 4. The van der Waals surface area contributed by atoms with E-state index in [1.807, 2.05) is 24.3 Å². The summed E-state index contributed by atoms with van der Waals surface area (Å²) in [5.74, 6) is 0.798. The van der Waals surface area contributed by atoms with E-state index in [2.05, 4.69) is 0 Å². The quantitative estimate of drug-likeness (QED) is 0.874. The summed E-state index contributed by atoms with van der Waals surface area (Å²) in [6.07, 6.45) is 0. The molecule has 4 nitrogen and oxygen atoms in total. The van der Waals surface area contributed by atoms with Gasteiger partial charge in [-0.1, -0.05) is 12.1 Å². The van der Waals surface area contributed by atoms with E-state index in [9.17, 15) is 8.42 Å². The number of anilines is 1. The number of nitrogens with two attached hydrogens (primary N) is 1. The van der Waals surface area contributed by atoms with Crippen molar-refractivity contribution < 1.29 is 8.42 Å². The molecule has 1 aromatic rings. The lowest BCUT2D eigenvalue weighted by Crippen LogP contribution is -2.38. The zero-order chi connectivity index (χ0) is 11.6. The van der Waals surface area contributed by atoms with Crippen LogP contribution in [0.15, 0.2) is 29.2 Å². The Morgan fingerprint density at radius 3 is 2.88 bits per heavy atom. The van der Waals surface area contributed by atoms with E-state index in [0.29, 0.717) is 6.54 Å². The molecule has 6 heteroatoms. The maximum absolute atomic E-state index is 12.0. The largest absolute Gasteiger partial charge is 0.329 e. The maximum atomic E-state index is 12.0. The van der Waals surface area contributed by atoms with Crippen LogP contribution in [0.2, 0.25) is 0 Å². The highest BCUT2D eigenvalue weighted by Gasteiger charge is 2.26. The summed E-state index contributed by atoms with van der Waals surface area (Å²) in [5, 5.41) is 0. The monoisotopic (exact) mass is 258 g/mol. The average molecular weight is 258 g/mol. The second-order valence-corrected chi connectivity index (χ2v) is 6.64. The smallest absolute Gasteiger partial charge is 0.236 e. The van der Waals surface area contributed by atoms with Crippen molar-refractivity contribution in [3.63, 3.8) is 0 Å². The number of benzene rings is 1. The van der Waals surface area contributed by atoms with Gasteiger partial charge in [-0.05, 0) is 12.1 Å². The third kappa shape index (κ3) is 2.18. The lowest BCUT2D eigenvalue weighted by atomic mass is 10.3. The Labute approximate surface area is 99.9 Å². The molecule has 0 spiro atoms. The molecule has 1 aliphatic rings. The van der Waals surface area contributed by atoms with Gasteiger partial charge < -0.3 is 5.73 Å². The summed E-state index contributed by atoms with van der Waals surface area (Å²) in [6, 6.07) is 7.57. The van der Waals surface area contributed by atoms with Crippen LogP contribution in [0.1, 0.15) is 0 Å². The molecule has 16 heavy (non-hydrogen) atoms. The minimum Gasteiger partial charge on any atom is -0.329 e. The first-order chi connectivity index (χ1) is 7.65. The van der Waals surface area contributed by atoms with Gasteiger partial charge in [0.15, 0.2) is 0 Å². The third-order valence-corrected chi connectivity index (χ3v) is 5.24. The highest BCUT2D eigenvalue weighted by molar-refractivity contribution is 8.00. The first-order valence-electron chi connectivity index (χ1n) is 5.07. The predicted molar refractivity (Wildman–Crippen MR) is 67.4 cm³/mol. The molecule has 0 amide bonds. The Kier molecular flexibility index (Phi) is 3.41. The lowest BCUT2D eigenvalue weighted by molar-refractivity contribution is 0.591. The van der Waals surface area contributed by atoms with Gasteiger partial charge in [0.1, 0.15) is 0 Å². The van der Waals surface area contributed by atoms with Gasteiger partial charge in [0, 0.05) is 23.7 Å². The summed E-state index contributed by atoms with van der Waals surface area (Å²) >= 11 is 1.69. The molecule has 88 valence electrons. The van der Waals surface area contributed by atoms with Crippen molar-refractivity contribution in [3.8, 4) is 0 Å². The van der Waals surface area contributed by atoms with Crippen molar-refractivity contribution in [2.24, 2.45) is 5.73 Å². The number of rotatable bonds is 3. The summed E-state index contributed by atoms with van der Waals surface area (Å²) < 4.78 is 25.4. The van der Waals surface area contributed by atoms with Crippen molar-refractivity contribution in [1.29, 1.82) is 0 Å². The van der Waals surface area contributed by atoms with Crippen LogP contribution in [0.4, 0.5) is 5.69 Å². The molecule has 0 aromatic heterocycles. The molecule has 2 N–H and O–H groups in total. The summed E-state index contributed by atoms with van der Waals surface area (Å²) in [4.78, 5) is 1.02. The molecule has 0 bridgehead atoms. The first-order valence-corrected chi connectivity index (χ1v) is 7.67. The molecule has 0 unspecified atom stereocenters. The number of hydrogen-bond donors (Lipinski definition) is 1. The molecule has 0 saturated carbocycles. The normalized spacial score (nSPS) is 15.9. The van der Waals surface area contributed by atoms with Gasteiger partial charge in [-0.3, -0.25) is 4.31 Å². The number of thioether (sulfide) groups is 1. The van der Waals surface area contributed by atoms with E-state index < -0.39 is 10.0 Å².